The van der Waals surface area contributed by atoms with E-state index in [2.05, 4.69) is 60.3 Å². The molecule has 35 heavy (non-hydrogen) atoms. The van der Waals surface area contributed by atoms with Gasteiger partial charge in [-0.05, 0) is 82.3 Å². The number of nitriles is 1. The summed E-state index contributed by atoms with van der Waals surface area (Å²) in [5.41, 5.74) is 2.31. The number of carbonyl (C=O) groups is 1. The first-order valence-electron chi connectivity index (χ1n) is 12.8. The van der Waals surface area contributed by atoms with Gasteiger partial charge in [0, 0.05) is 12.1 Å². The van der Waals surface area contributed by atoms with E-state index < -0.39 is 0 Å². The fourth-order valence-electron chi connectivity index (χ4n) is 6.46. The molecule has 2 aliphatic carbocycles. The van der Waals surface area contributed by atoms with E-state index in [-0.39, 0.29) is 17.1 Å². The summed E-state index contributed by atoms with van der Waals surface area (Å²) >= 11 is 0. The summed E-state index contributed by atoms with van der Waals surface area (Å²) in [6.45, 7) is 1.46. The van der Waals surface area contributed by atoms with Crippen LogP contribution >= 0.6 is 0 Å². The summed E-state index contributed by atoms with van der Waals surface area (Å²) in [7, 11) is 5.96. The van der Waals surface area contributed by atoms with Crippen LogP contribution in [0.15, 0.2) is 48.5 Å². The second-order valence-corrected chi connectivity index (χ2v) is 10.8. The van der Waals surface area contributed by atoms with E-state index in [0.29, 0.717) is 29.5 Å². The molecule has 0 aromatic heterocycles. The molecule has 1 saturated heterocycles. The summed E-state index contributed by atoms with van der Waals surface area (Å²) in [6, 6.07) is 18.6. The molecular formula is C29H36N4O2. The Bertz CT molecular complexity index is 1110. The molecule has 0 radical (unpaired) electrons. The molecule has 1 aliphatic heterocycles. The summed E-state index contributed by atoms with van der Waals surface area (Å²) in [4.78, 5) is 20.4. The van der Waals surface area contributed by atoms with Crippen molar-refractivity contribution in [1.82, 2.24) is 9.80 Å². The van der Waals surface area contributed by atoms with Gasteiger partial charge in [-0.3, -0.25) is 9.80 Å². The molecule has 0 bridgehead atoms. The molecule has 2 aromatic carbocycles. The van der Waals surface area contributed by atoms with Gasteiger partial charge in [-0.2, -0.15) is 5.26 Å². The van der Waals surface area contributed by atoms with Crippen LogP contribution in [0.4, 0.5) is 10.5 Å². The van der Waals surface area contributed by atoms with Crippen molar-refractivity contribution in [2.75, 3.05) is 39.2 Å². The van der Waals surface area contributed by atoms with Crippen LogP contribution in [0, 0.1) is 17.2 Å². The molecule has 5 rings (SSSR count). The number of ether oxygens (including phenoxy) is 1. The highest BCUT2D eigenvalue weighted by Crippen LogP contribution is 2.50. The summed E-state index contributed by atoms with van der Waals surface area (Å²) in [6.07, 6.45) is 7.58. The zero-order chi connectivity index (χ0) is 24.6. The Morgan fingerprint density at radius 2 is 1.80 bits per heavy atom. The highest BCUT2D eigenvalue weighted by molar-refractivity contribution is 5.97. The van der Waals surface area contributed by atoms with Crippen molar-refractivity contribution in [3.8, 4) is 11.8 Å². The lowest BCUT2D eigenvalue weighted by Crippen LogP contribution is -2.56. The van der Waals surface area contributed by atoms with Crippen molar-refractivity contribution >= 4 is 11.7 Å². The van der Waals surface area contributed by atoms with Crippen LogP contribution in [-0.2, 0) is 5.54 Å². The van der Waals surface area contributed by atoms with Crippen molar-refractivity contribution < 1.29 is 9.53 Å². The molecule has 0 atom stereocenters. The van der Waals surface area contributed by atoms with Crippen LogP contribution in [0.2, 0.25) is 0 Å². The van der Waals surface area contributed by atoms with E-state index in [1.54, 1.807) is 13.2 Å². The summed E-state index contributed by atoms with van der Waals surface area (Å²) in [5.74, 6) is 1.23. The molecule has 184 valence electrons. The first-order chi connectivity index (χ1) is 16.9. The first-order valence-corrected chi connectivity index (χ1v) is 12.8. The minimum absolute atomic E-state index is 0.0248. The van der Waals surface area contributed by atoms with Gasteiger partial charge in [0.25, 0.3) is 0 Å². The third kappa shape index (κ3) is 3.96. The normalized spacial score (nSPS) is 26.8. The van der Waals surface area contributed by atoms with Crippen molar-refractivity contribution in [3.05, 3.63) is 59.7 Å². The Balaban J connectivity index is 1.48. The van der Waals surface area contributed by atoms with Gasteiger partial charge in [0.15, 0.2) is 0 Å². The molecule has 3 aliphatic rings. The van der Waals surface area contributed by atoms with Gasteiger partial charge in [0.05, 0.1) is 30.4 Å². The summed E-state index contributed by atoms with van der Waals surface area (Å²) in [5, 5.41) is 9.84. The van der Waals surface area contributed by atoms with Gasteiger partial charge in [0.2, 0.25) is 0 Å². The number of amides is 2. The van der Waals surface area contributed by atoms with Crippen LogP contribution in [0.3, 0.4) is 0 Å². The quantitative estimate of drug-likeness (QED) is 0.566. The molecule has 6 heteroatoms. The fraction of sp³-hybridized carbons (Fsp3) is 0.517. The zero-order valence-electron chi connectivity index (χ0n) is 21.2. The minimum atomic E-state index is -0.201. The molecule has 1 heterocycles. The van der Waals surface area contributed by atoms with E-state index in [0.717, 1.165) is 32.2 Å². The SMILES string of the molecule is COc1ccc(N2C[C@]3(CC[C@@](c4ccccc4)(N(C)C)CC3)N(CC3CCC3)C2=O)c(C#N)c1. The number of anilines is 1. The maximum Gasteiger partial charge on any atom is 0.325 e. The van der Waals surface area contributed by atoms with Crippen molar-refractivity contribution in [2.24, 2.45) is 5.92 Å². The Hall–Kier alpha value is -3.04. The first kappa shape index (κ1) is 23.7. The predicted octanol–water partition coefficient (Wildman–Crippen LogP) is 5.38. The van der Waals surface area contributed by atoms with Crippen LogP contribution in [0.5, 0.6) is 5.75 Å². The largest absolute Gasteiger partial charge is 0.497 e. The third-order valence-corrected chi connectivity index (χ3v) is 8.94. The average Bonchev–Trinajstić information content (AvgIpc) is 3.12. The smallest absolute Gasteiger partial charge is 0.325 e. The topological polar surface area (TPSA) is 59.8 Å². The van der Waals surface area contributed by atoms with Crippen LogP contribution in [-0.4, -0.2) is 55.7 Å². The Kier molecular flexibility index (Phi) is 6.23. The molecule has 3 fully saturated rings. The van der Waals surface area contributed by atoms with E-state index in [1.807, 2.05) is 17.0 Å². The van der Waals surface area contributed by atoms with Crippen LogP contribution in [0.25, 0.3) is 0 Å². The molecule has 2 amide bonds. The number of carbonyl (C=O) groups excluding carboxylic acids is 1. The van der Waals surface area contributed by atoms with Gasteiger partial charge in [-0.1, -0.05) is 36.8 Å². The van der Waals surface area contributed by atoms with Gasteiger partial charge >= 0.3 is 6.03 Å². The predicted molar refractivity (Wildman–Crippen MR) is 138 cm³/mol. The maximum absolute atomic E-state index is 13.9. The Morgan fingerprint density at radius 3 is 2.37 bits per heavy atom. The second kappa shape index (κ2) is 9.20. The van der Waals surface area contributed by atoms with Crippen molar-refractivity contribution in [1.29, 1.82) is 5.26 Å². The van der Waals surface area contributed by atoms with E-state index in [9.17, 15) is 10.1 Å². The molecule has 0 N–H and O–H groups in total. The number of benzene rings is 2. The molecular weight excluding hydrogens is 436 g/mol. The van der Waals surface area contributed by atoms with Gasteiger partial charge in [-0.15, -0.1) is 0 Å². The lowest BCUT2D eigenvalue weighted by atomic mass is 9.68. The number of rotatable bonds is 6. The standard InChI is InChI=1S/C29H36N4O2/c1-31(2)29(24-10-5-4-6-11-24)16-14-28(15-17-29)21-32(27(34)33(28)20-22-8-7-9-22)26-13-12-25(35-3)18-23(26)19-30/h4-6,10-13,18,22H,7-9,14-17,20-21H2,1-3H3/t28-,29-. The van der Waals surface area contributed by atoms with Crippen LogP contribution < -0.4 is 9.64 Å². The van der Waals surface area contributed by atoms with Gasteiger partial charge in [0.1, 0.15) is 11.8 Å². The number of nitrogens with zero attached hydrogens (tertiary/aromatic N) is 4. The maximum atomic E-state index is 13.9. The van der Waals surface area contributed by atoms with E-state index >= 15 is 0 Å². The molecule has 0 unspecified atom stereocenters. The third-order valence-electron chi connectivity index (χ3n) is 8.94. The number of hydrogen-bond donors (Lipinski definition) is 0. The number of hydrogen-bond acceptors (Lipinski definition) is 4. The minimum Gasteiger partial charge on any atom is -0.497 e. The van der Waals surface area contributed by atoms with Crippen molar-refractivity contribution in [2.45, 2.75) is 56.0 Å². The van der Waals surface area contributed by atoms with Crippen LogP contribution in [0.1, 0.15) is 56.1 Å². The highest BCUT2D eigenvalue weighted by atomic mass is 16.5. The van der Waals surface area contributed by atoms with Gasteiger partial charge in [-0.25, -0.2) is 4.79 Å². The summed E-state index contributed by atoms with van der Waals surface area (Å²) < 4.78 is 5.32. The van der Waals surface area contributed by atoms with Crippen molar-refractivity contribution in [3.63, 3.8) is 0 Å². The van der Waals surface area contributed by atoms with E-state index in [4.69, 9.17) is 4.74 Å². The second-order valence-electron chi connectivity index (χ2n) is 10.8. The average molecular weight is 473 g/mol. The fourth-order valence-corrected chi connectivity index (χ4v) is 6.46. The Labute approximate surface area is 209 Å². The lowest BCUT2D eigenvalue weighted by molar-refractivity contribution is 0.0172. The highest BCUT2D eigenvalue weighted by Gasteiger charge is 2.55. The molecule has 2 saturated carbocycles. The lowest BCUT2D eigenvalue weighted by Gasteiger charge is -2.51. The number of methoxy groups -OCH3 is 1. The molecule has 6 nitrogen and oxygen atoms in total. The van der Waals surface area contributed by atoms with Gasteiger partial charge < -0.3 is 9.64 Å². The molecule has 1 spiro atoms. The monoisotopic (exact) mass is 472 g/mol. The Morgan fingerprint density at radius 1 is 1.09 bits per heavy atom. The number of urea groups is 1. The molecule has 2 aromatic rings. The zero-order valence-corrected chi connectivity index (χ0v) is 21.2. The van der Waals surface area contributed by atoms with E-state index in [1.165, 1.54) is 24.8 Å².